The molecule has 2 aliphatic carbocycles. The summed E-state index contributed by atoms with van der Waals surface area (Å²) in [5, 5.41) is 8.72. The summed E-state index contributed by atoms with van der Waals surface area (Å²) in [4.78, 5) is 10.6. The first-order valence-corrected chi connectivity index (χ1v) is 6.58. The van der Waals surface area contributed by atoms with E-state index in [1.54, 1.807) is 6.08 Å². The van der Waals surface area contributed by atoms with Gasteiger partial charge in [0, 0.05) is 16.1 Å². The number of aliphatic carboxylic acids is 1. The second-order valence-electron chi connectivity index (χ2n) is 4.38. The zero-order chi connectivity index (χ0) is 13.5. The second-order valence-corrected chi connectivity index (χ2v) is 5.18. The van der Waals surface area contributed by atoms with Crippen LogP contribution in [0, 0.1) is 0 Å². The Labute approximate surface area is 118 Å². The first-order valence-electron chi connectivity index (χ1n) is 5.78. The Hall–Kier alpha value is -1.43. The lowest BCUT2D eigenvalue weighted by molar-refractivity contribution is -0.131. The first-order chi connectivity index (χ1) is 9.13. The number of allylic oxidation sites excluding steroid dienone is 5. The Morgan fingerprint density at radius 3 is 3.16 bits per heavy atom. The Balaban J connectivity index is 2.07. The highest BCUT2D eigenvalue weighted by atomic mass is 79.9. The lowest BCUT2D eigenvalue weighted by atomic mass is 9.79. The lowest BCUT2D eigenvalue weighted by Gasteiger charge is -2.35. The number of carboxylic acids is 1. The van der Waals surface area contributed by atoms with Crippen molar-refractivity contribution < 1.29 is 19.4 Å². The third kappa shape index (κ3) is 1.94. The number of carbonyl (C=O) groups is 1. The fourth-order valence-corrected chi connectivity index (χ4v) is 3.16. The van der Waals surface area contributed by atoms with Crippen molar-refractivity contribution in [3.05, 3.63) is 58.2 Å². The molecule has 2 atom stereocenters. The normalized spacial score (nSPS) is 32.5. The van der Waals surface area contributed by atoms with Gasteiger partial charge in [0.2, 0.25) is 0 Å². The predicted octanol–water partition coefficient (Wildman–Crippen LogP) is 2.45. The quantitative estimate of drug-likeness (QED) is 0.793. The molecule has 1 spiro atoms. The summed E-state index contributed by atoms with van der Waals surface area (Å²) in [5.41, 5.74) is 1.14. The van der Waals surface area contributed by atoms with Crippen molar-refractivity contribution in [1.82, 2.24) is 0 Å². The standard InChI is InChI=1S/C14H11BrO4/c15-13-9(4-5-12(16)17)7-11-14(19-8-18-11)6-2-1-3-10(13)14/h1-7,11H,8H2,(H,16,17). The Morgan fingerprint density at radius 2 is 2.37 bits per heavy atom. The minimum atomic E-state index is -0.981. The molecule has 4 nitrogen and oxygen atoms in total. The zero-order valence-corrected chi connectivity index (χ0v) is 11.5. The average molecular weight is 323 g/mol. The summed E-state index contributed by atoms with van der Waals surface area (Å²) in [5.74, 6) is -0.981. The molecular weight excluding hydrogens is 312 g/mol. The van der Waals surface area contributed by atoms with E-state index in [1.165, 1.54) is 0 Å². The van der Waals surface area contributed by atoms with Crippen LogP contribution in [0.3, 0.4) is 0 Å². The van der Waals surface area contributed by atoms with Crippen molar-refractivity contribution in [1.29, 1.82) is 0 Å². The van der Waals surface area contributed by atoms with Gasteiger partial charge in [-0.15, -0.1) is 0 Å². The molecule has 0 aromatic heterocycles. The molecule has 0 saturated carbocycles. The van der Waals surface area contributed by atoms with E-state index in [9.17, 15) is 4.79 Å². The van der Waals surface area contributed by atoms with Crippen molar-refractivity contribution in [3.63, 3.8) is 0 Å². The summed E-state index contributed by atoms with van der Waals surface area (Å²) < 4.78 is 12.2. The molecule has 0 amide bonds. The highest BCUT2D eigenvalue weighted by Crippen LogP contribution is 2.46. The van der Waals surface area contributed by atoms with Crippen LogP contribution in [0.5, 0.6) is 0 Å². The van der Waals surface area contributed by atoms with E-state index in [2.05, 4.69) is 15.9 Å². The van der Waals surface area contributed by atoms with Gasteiger partial charge in [-0.3, -0.25) is 0 Å². The topological polar surface area (TPSA) is 55.8 Å². The van der Waals surface area contributed by atoms with Gasteiger partial charge in [0.05, 0.1) is 0 Å². The van der Waals surface area contributed by atoms with E-state index in [-0.39, 0.29) is 12.9 Å². The molecule has 98 valence electrons. The predicted molar refractivity (Wildman–Crippen MR) is 72.6 cm³/mol. The molecular formula is C14H11BrO4. The molecule has 0 bridgehead atoms. The maximum absolute atomic E-state index is 10.6. The van der Waals surface area contributed by atoms with Gasteiger partial charge >= 0.3 is 5.97 Å². The maximum Gasteiger partial charge on any atom is 0.328 e. The van der Waals surface area contributed by atoms with Gasteiger partial charge in [0.1, 0.15) is 18.5 Å². The van der Waals surface area contributed by atoms with Crippen LogP contribution in [-0.2, 0) is 14.3 Å². The minimum absolute atomic E-state index is 0.221. The summed E-state index contributed by atoms with van der Waals surface area (Å²) in [6, 6.07) is 0. The molecule has 0 aromatic rings. The maximum atomic E-state index is 10.6. The van der Waals surface area contributed by atoms with Crippen molar-refractivity contribution in [2.24, 2.45) is 0 Å². The molecule has 0 aromatic carbocycles. The molecule has 3 aliphatic rings. The first kappa shape index (κ1) is 12.6. The summed E-state index contributed by atoms with van der Waals surface area (Å²) in [6.45, 7) is 0.221. The number of halogens is 1. The highest BCUT2D eigenvalue weighted by molar-refractivity contribution is 9.12. The van der Waals surface area contributed by atoms with E-state index >= 15 is 0 Å². The van der Waals surface area contributed by atoms with Crippen LogP contribution in [0.25, 0.3) is 0 Å². The van der Waals surface area contributed by atoms with Crippen molar-refractivity contribution >= 4 is 21.9 Å². The Morgan fingerprint density at radius 1 is 1.53 bits per heavy atom. The Kier molecular flexibility index (Phi) is 3.05. The molecule has 1 heterocycles. The van der Waals surface area contributed by atoms with Gasteiger partial charge in [-0.1, -0.05) is 18.2 Å². The fourth-order valence-electron chi connectivity index (χ4n) is 2.45. The number of carboxylic acid groups (broad SMARTS) is 1. The van der Waals surface area contributed by atoms with Crippen molar-refractivity contribution in [2.75, 3.05) is 6.79 Å². The molecule has 0 radical (unpaired) electrons. The van der Waals surface area contributed by atoms with Crippen LogP contribution in [-0.4, -0.2) is 29.6 Å². The van der Waals surface area contributed by atoms with Crippen LogP contribution >= 0.6 is 15.9 Å². The zero-order valence-electron chi connectivity index (χ0n) is 9.88. The highest BCUT2D eigenvalue weighted by Gasteiger charge is 2.49. The van der Waals surface area contributed by atoms with Crippen LogP contribution in [0.2, 0.25) is 0 Å². The lowest BCUT2D eigenvalue weighted by Crippen LogP contribution is -2.41. The van der Waals surface area contributed by atoms with Gasteiger partial charge in [-0.25, -0.2) is 4.79 Å². The van der Waals surface area contributed by atoms with Gasteiger partial charge in [-0.05, 0) is 39.7 Å². The smallest absolute Gasteiger partial charge is 0.328 e. The van der Waals surface area contributed by atoms with E-state index in [0.717, 1.165) is 21.7 Å². The van der Waals surface area contributed by atoms with Crippen LogP contribution in [0.4, 0.5) is 0 Å². The number of ether oxygens (including phenoxy) is 2. The van der Waals surface area contributed by atoms with Gasteiger partial charge in [0.15, 0.2) is 0 Å². The van der Waals surface area contributed by atoms with Crippen LogP contribution < -0.4 is 0 Å². The van der Waals surface area contributed by atoms with E-state index in [0.29, 0.717) is 0 Å². The van der Waals surface area contributed by atoms with Crippen molar-refractivity contribution in [2.45, 2.75) is 11.7 Å². The summed E-state index contributed by atoms with van der Waals surface area (Å²) in [6.07, 6.45) is 12.1. The average Bonchev–Trinajstić information content (AvgIpc) is 2.78. The Bertz CT molecular complexity index is 582. The van der Waals surface area contributed by atoms with Gasteiger partial charge in [0.25, 0.3) is 0 Å². The minimum Gasteiger partial charge on any atom is -0.478 e. The number of hydrogen-bond donors (Lipinski definition) is 1. The molecule has 1 aliphatic heterocycles. The molecule has 3 rings (SSSR count). The van der Waals surface area contributed by atoms with Crippen LogP contribution in [0.15, 0.2) is 58.2 Å². The summed E-state index contributed by atoms with van der Waals surface area (Å²) in [7, 11) is 0. The molecule has 19 heavy (non-hydrogen) atoms. The monoisotopic (exact) mass is 322 g/mol. The van der Waals surface area contributed by atoms with E-state index < -0.39 is 11.6 Å². The SMILES string of the molecule is O=C(O)C=CC1=CC2OCOC23C=CC=CC3=C1Br. The van der Waals surface area contributed by atoms with Crippen molar-refractivity contribution in [3.8, 4) is 0 Å². The molecule has 5 heteroatoms. The third-order valence-corrected chi connectivity index (χ3v) is 4.22. The number of hydrogen-bond acceptors (Lipinski definition) is 3. The van der Waals surface area contributed by atoms with Gasteiger partial charge in [-0.2, -0.15) is 0 Å². The van der Waals surface area contributed by atoms with E-state index in [4.69, 9.17) is 14.6 Å². The van der Waals surface area contributed by atoms with Crippen LogP contribution in [0.1, 0.15) is 0 Å². The summed E-state index contributed by atoms with van der Waals surface area (Å²) >= 11 is 3.52. The molecule has 2 unspecified atom stereocenters. The largest absolute Gasteiger partial charge is 0.478 e. The third-order valence-electron chi connectivity index (χ3n) is 3.33. The molecule has 1 fully saturated rings. The van der Waals surface area contributed by atoms with Gasteiger partial charge < -0.3 is 14.6 Å². The number of rotatable bonds is 2. The second kappa shape index (κ2) is 4.59. The molecule has 1 saturated heterocycles. The van der Waals surface area contributed by atoms with E-state index in [1.807, 2.05) is 30.4 Å². The molecule has 1 N–H and O–H groups in total. The fraction of sp³-hybridized carbons (Fsp3) is 0.214.